The van der Waals surface area contributed by atoms with E-state index in [1.165, 1.54) is 0 Å². The van der Waals surface area contributed by atoms with Crippen LogP contribution in [0.1, 0.15) is 12.6 Å². The van der Waals surface area contributed by atoms with Crippen LogP contribution in [0.3, 0.4) is 0 Å². The molecule has 2 aromatic heterocycles. The molecule has 0 spiro atoms. The lowest BCUT2D eigenvalue weighted by Crippen LogP contribution is -2.22. The molecule has 0 fully saturated rings. The largest absolute Gasteiger partial charge is 0.326 e. The monoisotopic (exact) mass is 219 g/mol. The third-order valence-corrected chi connectivity index (χ3v) is 2.41. The van der Waals surface area contributed by atoms with E-state index in [2.05, 4.69) is 10.2 Å². The minimum atomic E-state index is 0.114. The molecular formula is C11H17N5. The fourth-order valence-corrected chi connectivity index (χ4v) is 1.75. The lowest BCUT2D eigenvalue weighted by molar-refractivity contribution is 0.540. The number of hydrogen-bond acceptors (Lipinski definition) is 3. The Balaban J connectivity index is 2.28. The molecule has 0 amide bonds. The first-order valence-electron chi connectivity index (χ1n) is 5.36. The van der Waals surface area contributed by atoms with Crippen molar-refractivity contribution in [1.29, 1.82) is 0 Å². The Labute approximate surface area is 94.9 Å². The number of aryl methyl sites for hydroxylation is 2. The second-order valence-electron chi connectivity index (χ2n) is 4.20. The maximum Gasteiger partial charge on any atom is 0.0957 e. The van der Waals surface area contributed by atoms with E-state index in [1.807, 2.05) is 44.0 Å². The van der Waals surface area contributed by atoms with Crippen LogP contribution in [0.25, 0.3) is 11.3 Å². The van der Waals surface area contributed by atoms with Crippen molar-refractivity contribution in [3.05, 3.63) is 24.2 Å². The number of nitrogens with two attached hydrogens (primary N) is 1. The van der Waals surface area contributed by atoms with Crippen molar-refractivity contribution in [2.45, 2.75) is 26.4 Å². The first kappa shape index (κ1) is 10.9. The fourth-order valence-electron chi connectivity index (χ4n) is 1.75. The Morgan fingerprint density at radius 3 is 2.75 bits per heavy atom. The van der Waals surface area contributed by atoms with Gasteiger partial charge in [0, 0.05) is 31.0 Å². The predicted octanol–water partition coefficient (Wildman–Crippen LogP) is 0.939. The van der Waals surface area contributed by atoms with Gasteiger partial charge in [0.05, 0.1) is 17.9 Å². The zero-order valence-corrected chi connectivity index (χ0v) is 9.88. The van der Waals surface area contributed by atoms with Crippen molar-refractivity contribution in [2.75, 3.05) is 0 Å². The van der Waals surface area contributed by atoms with Crippen LogP contribution in [-0.4, -0.2) is 25.6 Å². The standard InChI is InChI=1S/C11H17N5/c1-8(12)6-16-5-4-11(14-16)10-7-15(3)13-9(10)2/h4-5,7-8H,6,12H2,1-3H3. The first-order chi connectivity index (χ1) is 7.56. The SMILES string of the molecule is Cc1nn(C)cc1-c1ccn(CC(C)N)n1. The number of nitrogens with zero attached hydrogens (tertiary/aromatic N) is 4. The zero-order chi connectivity index (χ0) is 11.7. The van der Waals surface area contributed by atoms with Crippen LogP contribution in [-0.2, 0) is 13.6 Å². The summed E-state index contributed by atoms with van der Waals surface area (Å²) in [5, 5.41) is 8.78. The average molecular weight is 219 g/mol. The van der Waals surface area contributed by atoms with Gasteiger partial charge in [-0.1, -0.05) is 0 Å². The molecular weight excluding hydrogens is 202 g/mol. The summed E-state index contributed by atoms with van der Waals surface area (Å²) in [4.78, 5) is 0. The summed E-state index contributed by atoms with van der Waals surface area (Å²) in [5.41, 5.74) is 8.75. The smallest absolute Gasteiger partial charge is 0.0957 e. The molecule has 0 radical (unpaired) electrons. The van der Waals surface area contributed by atoms with Gasteiger partial charge in [0.2, 0.25) is 0 Å². The third kappa shape index (κ3) is 2.14. The maximum atomic E-state index is 5.73. The molecule has 2 aromatic rings. The van der Waals surface area contributed by atoms with Gasteiger partial charge in [-0.2, -0.15) is 10.2 Å². The summed E-state index contributed by atoms with van der Waals surface area (Å²) in [6.45, 7) is 4.69. The van der Waals surface area contributed by atoms with Gasteiger partial charge in [-0.25, -0.2) is 0 Å². The Morgan fingerprint density at radius 1 is 1.44 bits per heavy atom. The molecule has 5 nitrogen and oxygen atoms in total. The Bertz CT molecular complexity index is 480. The highest BCUT2D eigenvalue weighted by molar-refractivity contribution is 5.60. The van der Waals surface area contributed by atoms with E-state index in [-0.39, 0.29) is 6.04 Å². The topological polar surface area (TPSA) is 61.7 Å². The summed E-state index contributed by atoms with van der Waals surface area (Å²) in [6.07, 6.45) is 3.93. The van der Waals surface area contributed by atoms with Crippen molar-refractivity contribution in [3.8, 4) is 11.3 Å². The maximum absolute atomic E-state index is 5.73. The first-order valence-corrected chi connectivity index (χ1v) is 5.36. The van der Waals surface area contributed by atoms with E-state index in [9.17, 15) is 0 Å². The Hall–Kier alpha value is -1.62. The number of aromatic nitrogens is 4. The van der Waals surface area contributed by atoms with Gasteiger partial charge < -0.3 is 5.73 Å². The molecule has 0 bridgehead atoms. The summed E-state index contributed by atoms with van der Waals surface area (Å²) in [5.74, 6) is 0. The van der Waals surface area contributed by atoms with Crippen LogP contribution in [0.2, 0.25) is 0 Å². The summed E-state index contributed by atoms with van der Waals surface area (Å²) < 4.78 is 3.67. The van der Waals surface area contributed by atoms with Crippen molar-refractivity contribution >= 4 is 0 Å². The lowest BCUT2D eigenvalue weighted by atomic mass is 10.2. The second-order valence-corrected chi connectivity index (χ2v) is 4.20. The van der Waals surface area contributed by atoms with Crippen LogP contribution < -0.4 is 5.73 Å². The normalized spacial score (nSPS) is 13.0. The predicted molar refractivity (Wildman–Crippen MR) is 62.8 cm³/mol. The molecule has 2 heterocycles. The number of rotatable bonds is 3. The van der Waals surface area contributed by atoms with Crippen molar-refractivity contribution in [1.82, 2.24) is 19.6 Å². The zero-order valence-electron chi connectivity index (χ0n) is 9.88. The molecule has 0 saturated heterocycles. The molecule has 2 rings (SSSR count). The highest BCUT2D eigenvalue weighted by atomic mass is 15.3. The van der Waals surface area contributed by atoms with Gasteiger partial charge in [-0.15, -0.1) is 0 Å². The molecule has 0 aromatic carbocycles. The van der Waals surface area contributed by atoms with E-state index in [0.29, 0.717) is 0 Å². The van der Waals surface area contributed by atoms with Crippen molar-refractivity contribution in [2.24, 2.45) is 12.8 Å². The summed E-state index contributed by atoms with van der Waals surface area (Å²) in [7, 11) is 1.91. The Kier molecular flexibility index (Phi) is 2.78. The minimum Gasteiger partial charge on any atom is -0.326 e. The van der Waals surface area contributed by atoms with Crippen LogP contribution in [0, 0.1) is 6.92 Å². The van der Waals surface area contributed by atoms with Crippen LogP contribution in [0.5, 0.6) is 0 Å². The average Bonchev–Trinajstić information content (AvgIpc) is 2.72. The van der Waals surface area contributed by atoms with Crippen molar-refractivity contribution in [3.63, 3.8) is 0 Å². The molecule has 2 N–H and O–H groups in total. The molecule has 0 aliphatic rings. The van der Waals surface area contributed by atoms with Gasteiger partial charge in [-0.3, -0.25) is 9.36 Å². The van der Waals surface area contributed by atoms with Crippen LogP contribution in [0.15, 0.2) is 18.5 Å². The molecule has 1 atom stereocenters. The van der Waals surface area contributed by atoms with E-state index in [0.717, 1.165) is 23.5 Å². The van der Waals surface area contributed by atoms with Gasteiger partial charge in [0.25, 0.3) is 0 Å². The lowest BCUT2D eigenvalue weighted by Gasteiger charge is -2.03. The van der Waals surface area contributed by atoms with Gasteiger partial charge in [0.1, 0.15) is 0 Å². The van der Waals surface area contributed by atoms with E-state index in [4.69, 9.17) is 5.73 Å². The van der Waals surface area contributed by atoms with Gasteiger partial charge in [0.15, 0.2) is 0 Å². The van der Waals surface area contributed by atoms with Gasteiger partial charge >= 0.3 is 0 Å². The summed E-state index contributed by atoms with van der Waals surface area (Å²) in [6, 6.07) is 2.11. The molecule has 86 valence electrons. The molecule has 5 heteroatoms. The fraction of sp³-hybridized carbons (Fsp3) is 0.455. The van der Waals surface area contributed by atoms with Gasteiger partial charge in [-0.05, 0) is 19.9 Å². The van der Waals surface area contributed by atoms with Crippen LogP contribution >= 0.6 is 0 Å². The quantitative estimate of drug-likeness (QED) is 0.835. The highest BCUT2D eigenvalue weighted by Gasteiger charge is 2.09. The Morgan fingerprint density at radius 2 is 2.19 bits per heavy atom. The van der Waals surface area contributed by atoms with Crippen molar-refractivity contribution < 1.29 is 0 Å². The molecule has 16 heavy (non-hydrogen) atoms. The van der Waals surface area contributed by atoms with Crippen LogP contribution in [0.4, 0.5) is 0 Å². The minimum absolute atomic E-state index is 0.114. The van der Waals surface area contributed by atoms with E-state index in [1.54, 1.807) is 4.68 Å². The number of hydrogen-bond donors (Lipinski definition) is 1. The third-order valence-electron chi connectivity index (χ3n) is 2.41. The highest BCUT2D eigenvalue weighted by Crippen LogP contribution is 2.19. The summed E-state index contributed by atoms with van der Waals surface area (Å²) >= 11 is 0. The second kappa shape index (κ2) is 4.09. The van der Waals surface area contributed by atoms with E-state index >= 15 is 0 Å². The van der Waals surface area contributed by atoms with E-state index < -0.39 is 0 Å². The molecule has 0 saturated carbocycles. The molecule has 0 aliphatic heterocycles. The molecule has 0 aliphatic carbocycles. The molecule has 1 unspecified atom stereocenters.